The Kier molecular flexibility index (Phi) is 6.53. The maximum atomic E-state index is 2.46. The molecule has 0 N–H and O–H groups in total. The molecule has 2 nitrogen and oxygen atoms in total. The zero-order valence-electron chi connectivity index (χ0n) is 27.4. The monoisotopic (exact) mass is 636 g/mol. The van der Waals surface area contributed by atoms with E-state index in [1.165, 1.54) is 77.0 Å². The summed E-state index contributed by atoms with van der Waals surface area (Å²) in [6, 6.07) is 70.3. The summed E-state index contributed by atoms with van der Waals surface area (Å²) in [4.78, 5) is 0. The predicted octanol–water partition coefficient (Wildman–Crippen LogP) is 12.9. The van der Waals surface area contributed by atoms with Crippen LogP contribution in [0.1, 0.15) is 0 Å². The maximum absolute atomic E-state index is 2.46. The van der Waals surface area contributed by atoms with Crippen molar-refractivity contribution in [3.63, 3.8) is 0 Å². The van der Waals surface area contributed by atoms with Gasteiger partial charge in [-0.05, 0) is 69.8 Å². The Bertz CT molecular complexity index is 2800. The minimum absolute atomic E-state index is 1.14. The molecule has 0 saturated carbocycles. The molecule has 2 heterocycles. The van der Waals surface area contributed by atoms with Gasteiger partial charge in [0.2, 0.25) is 0 Å². The molecule has 0 bridgehead atoms. The van der Waals surface area contributed by atoms with Crippen LogP contribution in [0.2, 0.25) is 0 Å². The molecule has 10 rings (SSSR count). The van der Waals surface area contributed by atoms with Crippen LogP contribution in [0.15, 0.2) is 194 Å². The molecule has 50 heavy (non-hydrogen) atoms. The molecule has 0 unspecified atom stereocenters. The van der Waals surface area contributed by atoms with E-state index in [1.807, 2.05) is 0 Å². The van der Waals surface area contributed by atoms with Crippen molar-refractivity contribution in [2.24, 2.45) is 0 Å². The molecular formula is C48H32N2. The second-order valence-electron chi connectivity index (χ2n) is 13.0. The molecule has 2 aromatic heterocycles. The second kappa shape index (κ2) is 11.5. The van der Waals surface area contributed by atoms with Gasteiger partial charge in [-0.3, -0.25) is 0 Å². The average Bonchev–Trinajstić information content (AvgIpc) is 3.72. The minimum atomic E-state index is 1.14. The van der Waals surface area contributed by atoms with Gasteiger partial charge >= 0.3 is 0 Å². The molecule has 0 atom stereocenters. The van der Waals surface area contributed by atoms with Gasteiger partial charge in [0, 0.05) is 32.9 Å². The Balaban J connectivity index is 1.17. The highest BCUT2D eigenvalue weighted by Crippen LogP contribution is 2.42. The van der Waals surface area contributed by atoms with Crippen LogP contribution in [-0.2, 0) is 0 Å². The third-order valence-electron chi connectivity index (χ3n) is 10.2. The van der Waals surface area contributed by atoms with Gasteiger partial charge in [0.25, 0.3) is 0 Å². The third kappa shape index (κ3) is 4.50. The lowest BCUT2D eigenvalue weighted by Gasteiger charge is -2.14. The first-order valence-electron chi connectivity index (χ1n) is 17.2. The van der Waals surface area contributed by atoms with Crippen LogP contribution >= 0.6 is 0 Å². The number of rotatable bonds is 5. The molecule has 0 aliphatic heterocycles. The summed E-state index contributed by atoms with van der Waals surface area (Å²) in [5.41, 5.74) is 14.4. The third-order valence-corrected chi connectivity index (χ3v) is 10.2. The van der Waals surface area contributed by atoms with Crippen LogP contribution in [0, 0.1) is 0 Å². The fraction of sp³-hybridized carbons (Fsp3) is 0. The zero-order chi connectivity index (χ0) is 33.0. The number of benzene rings is 8. The van der Waals surface area contributed by atoms with Crippen LogP contribution in [0.25, 0.3) is 88.4 Å². The molecule has 0 radical (unpaired) electrons. The van der Waals surface area contributed by atoms with Gasteiger partial charge in [-0.25, -0.2) is 0 Å². The SMILES string of the molecule is c1ccc(-c2ccc(-c3ccc(-n4c5ccccc5c5ccc6c7ccccc7n(-c7ccc(-c8ccccc8)cc7)c6c54)cc3)cc2)cc1. The van der Waals surface area contributed by atoms with Crippen LogP contribution in [-0.4, -0.2) is 9.13 Å². The maximum Gasteiger partial charge on any atom is 0.0788 e. The van der Waals surface area contributed by atoms with Gasteiger partial charge in [0.15, 0.2) is 0 Å². The summed E-state index contributed by atoms with van der Waals surface area (Å²) in [6.07, 6.45) is 0. The van der Waals surface area contributed by atoms with Gasteiger partial charge < -0.3 is 9.13 Å². The van der Waals surface area contributed by atoms with Gasteiger partial charge in [-0.2, -0.15) is 0 Å². The average molecular weight is 637 g/mol. The number of aromatic nitrogens is 2. The van der Waals surface area contributed by atoms with Gasteiger partial charge in [0.1, 0.15) is 0 Å². The summed E-state index contributed by atoms with van der Waals surface area (Å²) >= 11 is 0. The largest absolute Gasteiger partial charge is 0.307 e. The van der Waals surface area contributed by atoms with Gasteiger partial charge in [0.05, 0.1) is 22.1 Å². The number of nitrogens with zero attached hydrogens (tertiary/aromatic N) is 2. The van der Waals surface area contributed by atoms with E-state index >= 15 is 0 Å². The van der Waals surface area contributed by atoms with E-state index in [4.69, 9.17) is 0 Å². The normalized spacial score (nSPS) is 11.6. The lowest BCUT2D eigenvalue weighted by molar-refractivity contribution is 1.15. The van der Waals surface area contributed by atoms with Crippen molar-refractivity contribution < 1.29 is 0 Å². The number of fused-ring (bicyclic) bond motifs is 7. The number of para-hydroxylation sites is 2. The molecule has 0 spiro atoms. The fourth-order valence-corrected chi connectivity index (χ4v) is 7.76. The predicted molar refractivity (Wildman–Crippen MR) is 211 cm³/mol. The Labute approximate surface area is 290 Å². The van der Waals surface area contributed by atoms with Crippen molar-refractivity contribution in [2.75, 3.05) is 0 Å². The summed E-state index contributed by atoms with van der Waals surface area (Å²) < 4.78 is 4.92. The van der Waals surface area contributed by atoms with Gasteiger partial charge in [-0.15, -0.1) is 0 Å². The van der Waals surface area contributed by atoms with E-state index in [9.17, 15) is 0 Å². The highest BCUT2D eigenvalue weighted by atomic mass is 15.0. The first kappa shape index (κ1) is 28.4. The fourth-order valence-electron chi connectivity index (χ4n) is 7.76. The quantitative estimate of drug-likeness (QED) is 0.178. The van der Waals surface area contributed by atoms with E-state index < -0.39 is 0 Å². The number of hydrogen-bond donors (Lipinski definition) is 0. The molecular weight excluding hydrogens is 605 g/mol. The van der Waals surface area contributed by atoms with Crippen LogP contribution < -0.4 is 0 Å². The summed E-state index contributed by atoms with van der Waals surface area (Å²) in [6.45, 7) is 0. The van der Waals surface area contributed by atoms with E-state index in [-0.39, 0.29) is 0 Å². The van der Waals surface area contributed by atoms with Crippen LogP contribution in [0.5, 0.6) is 0 Å². The molecule has 0 aliphatic rings. The molecule has 234 valence electrons. The minimum Gasteiger partial charge on any atom is -0.307 e. The Morgan fingerprint density at radius 3 is 0.900 bits per heavy atom. The summed E-state index contributed by atoms with van der Waals surface area (Å²) in [5, 5.41) is 5.00. The first-order valence-corrected chi connectivity index (χ1v) is 17.2. The Morgan fingerprint density at radius 1 is 0.220 bits per heavy atom. The summed E-state index contributed by atoms with van der Waals surface area (Å²) in [5.74, 6) is 0. The lowest BCUT2D eigenvalue weighted by Crippen LogP contribution is -1.98. The van der Waals surface area contributed by atoms with Crippen LogP contribution in [0.3, 0.4) is 0 Å². The van der Waals surface area contributed by atoms with Crippen molar-refractivity contribution in [3.05, 3.63) is 194 Å². The Morgan fingerprint density at radius 2 is 0.520 bits per heavy atom. The highest BCUT2D eigenvalue weighted by Gasteiger charge is 2.21. The lowest BCUT2D eigenvalue weighted by atomic mass is 10.0. The van der Waals surface area contributed by atoms with Crippen molar-refractivity contribution in [3.8, 4) is 44.8 Å². The summed E-state index contributed by atoms with van der Waals surface area (Å²) in [7, 11) is 0. The second-order valence-corrected chi connectivity index (χ2v) is 13.0. The molecule has 10 aromatic rings. The highest BCUT2D eigenvalue weighted by molar-refractivity contribution is 6.23. The van der Waals surface area contributed by atoms with Crippen molar-refractivity contribution in [1.82, 2.24) is 9.13 Å². The molecule has 0 amide bonds. The molecule has 0 saturated heterocycles. The Hall–Kier alpha value is -6.64. The van der Waals surface area contributed by atoms with E-state index in [1.54, 1.807) is 0 Å². The van der Waals surface area contributed by atoms with E-state index in [2.05, 4.69) is 203 Å². The van der Waals surface area contributed by atoms with Crippen molar-refractivity contribution in [2.45, 2.75) is 0 Å². The smallest absolute Gasteiger partial charge is 0.0788 e. The van der Waals surface area contributed by atoms with Crippen molar-refractivity contribution in [1.29, 1.82) is 0 Å². The molecule has 0 fully saturated rings. The van der Waals surface area contributed by atoms with Crippen molar-refractivity contribution >= 4 is 43.6 Å². The zero-order valence-corrected chi connectivity index (χ0v) is 27.4. The standard InChI is InChI=1S/C48H32N2/c1-3-11-33(12-4-1)35-19-21-36(22-20-35)38-25-29-40(30-26-38)50-46-18-10-8-16-42(46)44-32-31-43-41-15-7-9-17-45(41)49(47(43)48(44)50)39-27-23-37(24-28-39)34-13-5-2-6-14-34/h1-32H. The number of hydrogen-bond acceptors (Lipinski definition) is 0. The molecule has 2 heteroatoms. The topological polar surface area (TPSA) is 9.86 Å². The van der Waals surface area contributed by atoms with E-state index in [0.29, 0.717) is 0 Å². The van der Waals surface area contributed by atoms with E-state index in [0.717, 1.165) is 11.4 Å². The van der Waals surface area contributed by atoms with Gasteiger partial charge in [-0.1, -0.05) is 158 Å². The molecule has 8 aromatic carbocycles. The molecule has 0 aliphatic carbocycles. The van der Waals surface area contributed by atoms with Crippen LogP contribution in [0.4, 0.5) is 0 Å². The first-order chi connectivity index (χ1) is 24.8.